The van der Waals surface area contributed by atoms with E-state index in [1.807, 2.05) is 6.07 Å². The highest BCUT2D eigenvalue weighted by molar-refractivity contribution is 5.69. The molecule has 0 saturated carbocycles. The molecule has 0 spiro atoms. The molecular formula is C28H32F4N6. The Bertz CT molecular complexity index is 1250. The highest BCUT2D eigenvalue weighted by Gasteiger charge is 2.25. The van der Waals surface area contributed by atoms with Gasteiger partial charge in [-0.2, -0.15) is 0 Å². The summed E-state index contributed by atoms with van der Waals surface area (Å²) in [6, 6.07) is 6.97. The topological polar surface area (TPSA) is 70.3 Å². The molecule has 3 atom stereocenters. The van der Waals surface area contributed by atoms with Crippen molar-refractivity contribution in [3.05, 3.63) is 71.4 Å². The van der Waals surface area contributed by atoms with Crippen LogP contribution in [0.1, 0.15) is 31.0 Å². The Balaban J connectivity index is 1.34. The van der Waals surface area contributed by atoms with Crippen LogP contribution in [-0.4, -0.2) is 53.3 Å². The first-order valence-corrected chi connectivity index (χ1v) is 13.0. The molecule has 4 heterocycles. The lowest BCUT2D eigenvalue weighted by Gasteiger charge is -2.37. The van der Waals surface area contributed by atoms with Crippen molar-refractivity contribution in [2.24, 2.45) is 11.7 Å². The lowest BCUT2D eigenvalue weighted by molar-refractivity contribution is 0.282. The van der Waals surface area contributed by atoms with Crippen molar-refractivity contribution >= 4 is 11.4 Å². The fourth-order valence-corrected chi connectivity index (χ4v) is 5.47. The van der Waals surface area contributed by atoms with E-state index in [0.29, 0.717) is 30.1 Å². The zero-order valence-electron chi connectivity index (χ0n) is 21.3. The number of nitrogens with one attached hydrogen (secondary N) is 1. The van der Waals surface area contributed by atoms with Gasteiger partial charge in [0.2, 0.25) is 0 Å². The van der Waals surface area contributed by atoms with E-state index in [1.165, 1.54) is 18.2 Å². The molecule has 3 unspecified atom stereocenters. The number of likely N-dealkylation sites (tertiary alicyclic amines) is 1. The Morgan fingerprint density at radius 1 is 1.05 bits per heavy atom. The van der Waals surface area contributed by atoms with Crippen molar-refractivity contribution in [2.45, 2.75) is 45.1 Å². The first kappa shape index (κ1) is 26.4. The van der Waals surface area contributed by atoms with Gasteiger partial charge in [-0.1, -0.05) is 6.92 Å². The average Bonchev–Trinajstić information content (AvgIpc) is 3.27. The summed E-state index contributed by atoms with van der Waals surface area (Å²) in [5.41, 5.74) is 7.82. The summed E-state index contributed by atoms with van der Waals surface area (Å²) in [6.07, 6.45) is 3.87. The van der Waals surface area contributed by atoms with Gasteiger partial charge in [0.05, 0.1) is 35.4 Å². The number of hydrogen-bond acceptors (Lipinski definition) is 6. The van der Waals surface area contributed by atoms with Gasteiger partial charge in [-0.25, -0.2) is 22.5 Å². The first-order valence-electron chi connectivity index (χ1n) is 13.0. The number of rotatable bonds is 7. The molecule has 5 rings (SSSR count). The molecule has 2 saturated heterocycles. The Kier molecular flexibility index (Phi) is 7.80. The molecule has 3 aromatic rings. The van der Waals surface area contributed by atoms with E-state index in [9.17, 15) is 8.78 Å². The molecule has 0 amide bonds. The van der Waals surface area contributed by atoms with Crippen molar-refractivity contribution in [1.29, 1.82) is 0 Å². The van der Waals surface area contributed by atoms with Gasteiger partial charge in [0.1, 0.15) is 29.3 Å². The molecule has 2 aliphatic heterocycles. The number of nitrogens with two attached hydrogens (primary N) is 1. The van der Waals surface area contributed by atoms with E-state index in [4.69, 9.17) is 5.73 Å². The molecule has 1 aromatic carbocycles. The number of benzene rings is 1. The molecular weight excluding hydrogens is 496 g/mol. The highest BCUT2D eigenvalue weighted by atomic mass is 19.1. The number of nitrogens with zero attached hydrogens (tertiary/aromatic N) is 4. The summed E-state index contributed by atoms with van der Waals surface area (Å²) in [7, 11) is 0. The van der Waals surface area contributed by atoms with Crippen molar-refractivity contribution in [1.82, 2.24) is 14.9 Å². The lowest BCUT2D eigenvalue weighted by Crippen LogP contribution is -2.46. The number of piperidine rings is 1. The molecule has 202 valence electrons. The molecule has 38 heavy (non-hydrogen) atoms. The minimum atomic E-state index is -0.928. The number of pyridine rings is 2. The third-order valence-electron chi connectivity index (χ3n) is 7.15. The second-order valence-corrected chi connectivity index (χ2v) is 10.4. The fraction of sp³-hybridized carbons (Fsp3) is 0.429. The van der Waals surface area contributed by atoms with E-state index in [1.54, 1.807) is 17.3 Å². The van der Waals surface area contributed by atoms with Gasteiger partial charge in [-0.15, -0.1) is 0 Å². The molecule has 2 aromatic heterocycles. The Morgan fingerprint density at radius 2 is 1.84 bits per heavy atom. The van der Waals surface area contributed by atoms with Gasteiger partial charge in [0.15, 0.2) is 0 Å². The minimum absolute atomic E-state index is 0.0771. The van der Waals surface area contributed by atoms with E-state index >= 15 is 8.78 Å². The molecule has 0 aliphatic carbocycles. The van der Waals surface area contributed by atoms with Crippen LogP contribution in [0.2, 0.25) is 0 Å². The summed E-state index contributed by atoms with van der Waals surface area (Å²) in [5, 5.41) is 3.28. The summed E-state index contributed by atoms with van der Waals surface area (Å²) in [5.74, 6) is -2.18. The van der Waals surface area contributed by atoms with E-state index in [-0.39, 0.29) is 25.7 Å². The van der Waals surface area contributed by atoms with E-state index < -0.39 is 34.9 Å². The molecule has 2 fully saturated rings. The van der Waals surface area contributed by atoms with Crippen molar-refractivity contribution < 1.29 is 17.6 Å². The summed E-state index contributed by atoms with van der Waals surface area (Å²) < 4.78 is 58.3. The lowest BCUT2D eigenvalue weighted by atomic mass is 9.96. The van der Waals surface area contributed by atoms with Crippen LogP contribution >= 0.6 is 0 Å². The minimum Gasteiger partial charge on any atom is -0.376 e. The van der Waals surface area contributed by atoms with Crippen LogP contribution in [0.15, 0.2) is 42.7 Å². The van der Waals surface area contributed by atoms with Gasteiger partial charge in [0.25, 0.3) is 0 Å². The average molecular weight is 529 g/mol. The molecule has 0 radical (unpaired) electrons. The third-order valence-corrected chi connectivity index (χ3v) is 7.15. The SMILES string of the molecule is CC1CC(N)CN(c2ccncc2NCc2ccc(F)c(-c3c(F)cc(CN4CCC(F)C4)cc3F)n2)C1. The van der Waals surface area contributed by atoms with Gasteiger partial charge in [0, 0.05) is 45.0 Å². The number of aromatic nitrogens is 2. The molecule has 10 heteroatoms. The van der Waals surface area contributed by atoms with Crippen LogP contribution in [0.3, 0.4) is 0 Å². The summed E-state index contributed by atoms with van der Waals surface area (Å²) in [6.45, 7) is 4.94. The van der Waals surface area contributed by atoms with Crippen molar-refractivity contribution in [2.75, 3.05) is 36.4 Å². The fourth-order valence-electron chi connectivity index (χ4n) is 5.47. The Labute approximate surface area is 219 Å². The summed E-state index contributed by atoms with van der Waals surface area (Å²) in [4.78, 5) is 12.5. The van der Waals surface area contributed by atoms with Crippen molar-refractivity contribution in [3.8, 4) is 11.3 Å². The number of hydrogen-bond donors (Lipinski definition) is 2. The third kappa shape index (κ3) is 5.91. The van der Waals surface area contributed by atoms with Crippen LogP contribution in [0, 0.1) is 23.4 Å². The quantitative estimate of drug-likeness (QED) is 0.426. The molecule has 0 bridgehead atoms. The standard InChI is InChI=1S/C28H32F4N6/c1-17-8-20(33)16-38(13-17)26-4-6-34-12-25(26)35-11-21-2-3-22(30)28(36-21)27-23(31)9-18(10-24(27)32)14-37-7-5-19(29)15-37/h2-4,6,9-10,12,17,19-20,35H,5,7-8,11,13-16,33H2,1H3. The number of halogens is 4. The highest BCUT2D eigenvalue weighted by Crippen LogP contribution is 2.31. The second-order valence-electron chi connectivity index (χ2n) is 10.4. The normalized spacial score (nSPS) is 22.2. The molecule has 2 aliphatic rings. The van der Waals surface area contributed by atoms with Gasteiger partial charge in [-0.05, 0) is 54.7 Å². The van der Waals surface area contributed by atoms with Gasteiger partial charge in [-0.3, -0.25) is 9.88 Å². The largest absolute Gasteiger partial charge is 0.376 e. The number of anilines is 2. The predicted molar refractivity (Wildman–Crippen MR) is 140 cm³/mol. The van der Waals surface area contributed by atoms with Crippen LogP contribution in [0.4, 0.5) is 28.9 Å². The van der Waals surface area contributed by atoms with E-state index in [0.717, 1.165) is 37.0 Å². The summed E-state index contributed by atoms with van der Waals surface area (Å²) >= 11 is 0. The number of alkyl halides is 1. The Morgan fingerprint density at radius 3 is 2.55 bits per heavy atom. The molecule has 3 N–H and O–H groups in total. The predicted octanol–water partition coefficient (Wildman–Crippen LogP) is 4.89. The second kappa shape index (κ2) is 11.2. The first-order chi connectivity index (χ1) is 18.3. The maximum atomic E-state index is 15.1. The monoisotopic (exact) mass is 528 g/mol. The van der Waals surface area contributed by atoms with Crippen molar-refractivity contribution in [3.63, 3.8) is 0 Å². The van der Waals surface area contributed by atoms with Crippen LogP contribution < -0.4 is 16.0 Å². The van der Waals surface area contributed by atoms with Crippen LogP contribution in [0.25, 0.3) is 11.3 Å². The van der Waals surface area contributed by atoms with Crippen LogP contribution in [0.5, 0.6) is 0 Å². The maximum Gasteiger partial charge on any atom is 0.149 e. The van der Waals surface area contributed by atoms with E-state index in [2.05, 4.69) is 27.1 Å². The van der Waals surface area contributed by atoms with Gasteiger partial charge < -0.3 is 16.0 Å². The zero-order chi connectivity index (χ0) is 26.8. The smallest absolute Gasteiger partial charge is 0.149 e. The maximum absolute atomic E-state index is 15.1. The van der Waals surface area contributed by atoms with Crippen LogP contribution in [-0.2, 0) is 13.1 Å². The van der Waals surface area contributed by atoms with Gasteiger partial charge >= 0.3 is 0 Å². The molecule has 6 nitrogen and oxygen atoms in total. The Hall–Kier alpha value is -3.24. The zero-order valence-corrected chi connectivity index (χ0v) is 21.3.